The molecule has 1 aromatic heterocycles. The van der Waals surface area contributed by atoms with E-state index in [1.165, 1.54) is 11.8 Å². The largest absolute Gasteiger partial charge is 0.478 e. The van der Waals surface area contributed by atoms with Crippen LogP contribution < -0.4 is 0 Å². The molecule has 0 radical (unpaired) electrons. The Morgan fingerprint density at radius 3 is 3.13 bits per heavy atom. The molecule has 0 aliphatic carbocycles. The first kappa shape index (κ1) is 12.0. The number of carboxylic acid groups (broad SMARTS) is 1. The highest BCUT2D eigenvalue weighted by molar-refractivity contribution is 7.99. The number of hydrogen-bond donors (Lipinski definition) is 1. The Bertz CT molecular complexity index is 330. The van der Waals surface area contributed by atoms with Gasteiger partial charge >= 0.3 is 5.97 Å². The van der Waals surface area contributed by atoms with Gasteiger partial charge in [0.2, 0.25) is 0 Å². The number of thioether (sulfide) groups is 1. The number of methoxy groups -OCH3 is 1. The van der Waals surface area contributed by atoms with E-state index < -0.39 is 5.97 Å². The fraction of sp³-hybridized carbons (Fsp3) is 0.400. The molecule has 0 bridgehead atoms. The molecule has 0 unspecified atom stereocenters. The van der Waals surface area contributed by atoms with Gasteiger partial charge < -0.3 is 9.84 Å². The molecular formula is C10H13NO3S. The molecule has 0 atom stereocenters. The van der Waals surface area contributed by atoms with Gasteiger partial charge in [-0.25, -0.2) is 9.78 Å². The van der Waals surface area contributed by atoms with Gasteiger partial charge in [-0.2, -0.15) is 0 Å². The van der Waals surface area contributed by atoms with Crippen molar-refractivity contribution in [3.8, 4) is 0 Å². The second-order valence-electron chi connectivity index (χ2n) is 2.86. The number of aromatic nitrogens is 1. The maximum atomic E-state index is 10.8. The van der Waals surface area contributed by atoms with Gasteiger partial charge in [0.15, 0.2) is 0 Å². The van der Waals surface area contributed by atoms with Crippen LogP contribution in [0.3, 0.4) is 0 Å². The van der Waals surface area contributed by atoms with Crippen LogP contribution in [0.4, 0.5) is 0 Å². The summed E-state index contributed by atoms with van der Waals surface area (Å²) in [6.45, 7) is 0.683. The first-order chi connectivity index (χ1) is 7.25. The molecule has 15 heavy (non-hydrogen) atoms. The number of rotatable bonds is 6. The molecule has 5 heteroatoms. The highest BCUT2D eigenvalue weighted by atomic mass is 32.2. The van der Waals surface area contributed by atoms with Crippen LogP contribution in [0.1, 0.15) is 16.8 Å². The molecule has 0 aromatic carbocycles. The molecule has 0 aliphatic rings. The van der Waals surface area contributed by atoms with Crippen LogP contribution in [-0.2, 0) is 4.74 Å². The van der Waals surface area contributed by atoms with E-state index in [1.54, 1.807) is 25.4 Å². The second-order valence-corrected chi connectivity index (χ2v) is 3.94. The van der Waals surface area contributed by atoms with Crippen molar-refractivity contribution in [2.24, 2.45) is 0 Å². The first-order valence-corrected chi connectivity index (χ1v) is 5.54. The molecule has 1 rings (SSSR count). The average Bonchev–Trinajstić information content (AvgIpc) is 2.25. The van der Waals surface area contributed by atoms with Crippen molar-refractivity contribution in [2.75, 3.05) is 19.5 Å². The summed E-state index contributed by atoms with van der Waals surface area (Å²) in [6, 6.07) is 3.19. The quantitative estimate of drug-likeness (QED) is 0.594. The Morgan fingerprint density at radius 1 is 1.67 bits per heavy atom. The Morgan fingerprint density at radius 2 is 2.47 bits per heavy atom. The average molecular weight is 227 g/mol. The minimum absolute atomic E-state index is 0.264. The zero-order chi connectivity index (χ0) is 11.1. The van der Waals surface area contributed by atoms with Gasteiger partial charge in [0.1, 0.15) is 5.03 Å². The number of pyridine rings is 1. The molecule has 1 heterocycles. The first-order valence-electron chi connectivity index (χ1n) is 4.55. The van der Waals surface area contributed by atoms with E-state index in [0.717, 1.165) is 12.2 Å². The molecule has 1 N–H and O–H groups in total. The van der Waals surface area contributed by atoms with E-state index >= 15 is 0 Å². The van der Waals surface area contributed by atoms with Gasteiger partial charge in [0.25, 0.3) is 0 Å². The zero-order valence-electron chi connectivity index (χ0n) is 8.47. The van der Waals surface area contributed by atoms with E-state index in [4.69, 9.17) is 9.84 Å². The van der Waals surface area contributed by atoms with E-state index in [9.17, 15) is 4.79 Å². The third-order valence-electron chi connectivity index (χ3n) is 1.73. The van der Waals surface area contributed by atoms with Crippen molar-refractivity contribution in [1.82, 2.24) is 4.98 Å². The van der Waals surface area contributed by atoms with E-state index in [-0.39, 0.29) is 5.56 Å². The summed E-state index contributed by atoms with van der Waals surface area (Å²) in [4.78, 5) is 14.9. The van der Waals surface area contributed by atoms with Crippen LogP contribution in [0, 0.1) is 0 Å². The minimum Gasteiger partial charge on any atom is -0.478 e. The Labute approximate surface area is 92.7 Å². The van der Waals surface area contributed by atoms with Gasteiger partial charge in [0, 0.05) is 25.7 Å². The number of nitrogens with zero attached hydrogens (tertiary/aromatic N) is 1. The zero-order valence-corrected chi connectivity index (χ0v) is 9.29. The summed E-state index contributed by atoms with van der Waals surface area (Å²) < 4.78 is 4.91. The summed E-state index contributed by atoms with van der Waals surface area (Å²) in [6.07, 6.45) is 2.49. The van der Waals surface area contributed by atoms with E-state index in [2.05, 4.69) is 4.98 Å². The van der Waals surface area contributed by atoms with Crippen molar-refractivity contribution in [1.29, 1.82) is 0 Å². The third-order valence-corrected chi connectivity index (χ3v) is 2.82. The molecule has 0 spiro atoms. The summed E-state index contributed by atoms with van der Waals surface area (Å²) in [5, 5.41) is 9.46. The molecule has 0 saturated heterocycles. The van der Waals surface area contributed by atoms with Crippen molar-refractivity contribution >= 4 is 17.7 Å². The van der Waals surface area contributed by atoms with E-state index in [1.807, 2.05) is 0 Å². The summed E-state index contributed by atoms with van der Waals surface area (Å²) in [5.41, 5.74) is 0.264. The molecule has 0 aliphatic heterocycles. The molecular weight excluding hydrogens is 214 g/mol. The molecule has 0 amide bonds. The van der Waals surface area contributed by atoms with Gasteiger partial charge in [-0.05, 0) is 18.6 Å². The molecule has 4 nitrogen and oxygen atoms in total. The van der Waals surface area contributed by atoms with Gasteiger partial charge in [0.05, 0.1) is 5.56 Å². The maximum Gasteiger partial charge on any atom is 0.338 e. The van der Waals surface area contributed by atoms with Crippen LogP contribution in [0.15, 0.2) is 23.4 Å². The Hall–Kier alpha value is -1.07. The van der Waals surface area contributed by atoms with Gasteiger partial charge in [-0.3, -0.25) is 0 Å². The number of ether oxygens (including phenoxy) is 1. The van der Waals surface area contributed by atoms with Crippen LogP contribution in [0.2, 0.25) is 0 Å². The SMILES string of the molecule is COCCCSc1ncccc1C(=O)O. The van der Waals surface area contributed by atoms with Gasteiger partial charge in [-0.15, -0.1) is 11.8 Å². The van der Waals surface area contributed by atoms with Crippen LogP contribution in [0.5, 0.6) is 0 Å². The Kier molecular flexibility index (Phi) is 5.14. The maximum absolute atomic E-state index is 10.8. The standard InChI is InChI=1S/C10H13NO3S/c1-14-6-3-7-15-9-8(10(12)13)4-2-5-11-9/h2,4-5H,3,6-7H2,1H3,(H,12,13). The predicted octanol–water partition coefficient (Wildman–Crippen LogP) is 1.91. The molecule has 0 fully saturated rings. The number of carboxylic acids is 1. The lowest BCUT2D eigenvalue weighted by Crippen LogP contribution is -2.01. The fourth-order valence-electron chi connectivity index (χ4n) is 1.04. The number of aromatic carboxylic acids is 1. The minimum atomic E-state index is -0.933. The molecule has 82 valence electrons. The monoisotopic (exact) mass is 227 g/mol. The van der Waals surface area contributed by atoms with Crippen molar-refractivity contribution in [2.45, 2.75) is 11.4 Å². The molecule has 0 saturated carbocycles. The number of hydrogen-bond acceptors (Lipinski definition) is 4. The van der Waals surface area contributed by atoms with Crippen molar-refractivity contribution < 1.29 is 14.6 Å². The summed E-state index contributed by atoms with van der Waals surface area (Å²) in [7, 11) is 1.65. The van der Waals surface area contributed by atoms with Crippen LogP contribution in [0.25, 0.3) is 0 Å². The lowest BCUT2D eigenvalue weighted by molar-refractivity contribution is 0.0692. The predicted molar refractivity (Wildman–Crippen MR) is 58.4 cm³/mol. The van der Waals surface area contributed by atoms with Crippen molar-refractivity contribution in [3.63, 3.8) is 0 Å². The third kappa shape index (κ3) is 3.89. The van der Waals surface area contributed by atoms with Gasteiger partial charge in [-0.1, -0.05) is 0 Å². The summed E-state index contributed by atoms with van der Waals surface area (Å²) in [5.74, 6) is -0.122. The topological polar surface area (TPSA) is 59.4 Å². The normalized spacial score (nSPS) is 10.2. The number of carbonyl (C=O) groups is 1. The summed E-state index contributed by atoms with van der Waals surface area (Å²) >= 11 is 1.44. The fourth-order valence-corrected chi connectivity index (χ4v) is 1.94. The highest BCUT2D eigenvalue weighted by Gasteiger charge is 2.10. The molecule has 1 aromatic rings. The lowest BCUT2D eigenvalue weighted by atomic mass is 10.3. The second kappa shape index (κ2) is 6.42. The smallest absolute Gasteiger partial charge is 0.338 e. The van der Waals surface area contributed by atoms with Crippen LogP contribution in [-0.4, -0.2) is 35.5 Å². The lowest BCUT2D eigenvalue weighted by Gasteiger charge is -2.03. The van der Waals surface area contributed by atoms with Crippen LogP contribution >= 0.6 is 11.8 Å². The van der Waals surface area contributed by atoms with E-state index in [0.29, 0.717) is 11.6 Å². The van der Waals surface area contributed by atoms with Crippen molar-refractivity contribution in [3.05, 3.63) is 23.9 Å². The highest BCUT2D eigenvalue weighted by Crippen LogP contribution is 2.20. The Balaban J connectivity index is 2.56.